The second-order valence-electron chi connectivity index (χ2n) is 4.76. The van der Waals surface area contributed by atoms with Crippen LogP contribution in [0.15, 0.2) is 57.8 Å². The number of aromatic amines is 1. The summed E-state index contributed by atoms with van der Waals surface area (Å²) < 4.78 is 0. The zero-order valence-corrected chi connectivity index (χ0v) is 14.0. The third-order valence-electron chi connectivity index (χ3n) is 3.19. The van der Waals surface area contributed by atoms with Gasteiger partial charge in [-0.05, 0) is 11.4 Å². The van der Waals surface area contributed by atoms with E-state index in [0.717, 1.165) is 11.8 Å². The second-order valence-corrected chi connectivity index (χ2v) is 6.67. The van der Waals surface area contributed by atoms with Crippen molar-refractivity contribution < 1.29 is 4.79 Å². The molecule has 1 aromatic carbocycles. The number of H-pyrrole nitrogens is 1. The molecule has 0 fully saturated rings. The van der Waals surface area contributed by atoms with Crippen LogP contribution in [0.2, 0.25) is 0 Å². The predicted molar refractivity (Wildman–Crippen MR) is 94.4 cm³/mol. The molecule has 0 aliphatic rings. The van der Waals surface area contributed by atoms with Crippen molar-refractivity contribution in [2.24, 2.45) is 0 Å². The molecule has 2 heterocycles. The molecule has 0 aliphatic heterocycles. The number of aromatic nitrogens is 2. The van der Waals surface area contributed by atoms with Crippen molar-refractivity contribution >= 4 is 28.9 Å². The van der Waals surface area contributed by atoms with Crippen molar-refractivity contribution in [1.82, 2.24) is 9.97 Å². The fraction of sp³-hybridized carbons (Fsp3) is 0.0588. The average Bonchev–Trinajstić information content (AvgIpc) is 3.14. The first kappa shape index (κ1) is 16.2. The fourth-order valence-corrected chi connectivity index (χ4v) is 3.57. The summed E-state index contributed by atoms with van der Waals surface area (Å²) >= 11 is 2.53. The zero-order chi connectivity index (χ0) is 16.9. The van der Waals surface area contributed by atoms with E-state index in [2.05, 4.69) is 9.97 Å². The molecule has 0 bridgehead atoms. The third-order valence-corrected chi connectivity index (χ3v) is 4.98. The highest BCUT2D eigenvalue weighted by Gasteiger charge is 2.15. The fourth-order valence-electron chi connectivity index (χ4n) is 2.07. The predicted octanol–water partition coefficient (Wildman–Crippen LogP) is 3.35. The number of rotatable bonds is 5. The van der Waals surface area contributed by atoms with E-state index in [0.29, 0.717) is 21.3 Å². The number of benzene rings is 1. The van der Waals surface area contributed by atoms with Crippen molar-refractivity contribution in [3.8, 4) is 17.3 Å². The van der Waals surface area contributed by atoms with E-state index in [4.69, 9.17) is 0 Å². The van der Waals surface area contributed by atoms with Crippen LogP contribution in [0.3, 0.4) is 0 Å². The van der Waals surface area contributed by atoms with Crippen LogP contribution in [0.4, 0.5) is 0 Å². The maximum atomic E-state index is 12.1. The number of hydrogen-bond donors (Lipinski definition) is 1. The van der Waals surface area contributed by atoms with Gasteiger partial charge in [0.25, 0.3) is 5.56 Å². The van der Waals surface area contributed by atoms with Crippen LogP contribution in [-0.4, -0.2) is 21.5 Å². The van der Waals surface area contributed by atoms with Gasteiger partial charge in [0.05, 0.1) is 16.3 Å². The number of nitriles is 1. The first-order chi connectivity index (χ1) is 11.7. The maximum Gasteiger partial charge on any atom is 0.270 e. The zero-order valence-electron chi connectivity index (χ0n) is 12.4. The van der Waals surface area contributed by atoms with Gasteiger partial charge in [0.2, 0.25) is 0 Å². The summed E-state index contributed by atoms with van der Waals surface area (Å²) in [6.45, 7) is 0. The Morgan fingerprint density at radius 3 is 2.71 bits per heavy atom. The Hall–Kier alpha value is -2.69. The minimum Gasteiger partial charge on any atom is -0.300 e. The first-order valence-electron chi connectivity index (χ1n) is 6.98. The minimum atomic E-state index is -0.502. The molecule has 24 heavy (non-hydrogen) atoms. The summed E-state index contributed by atoms with van der Waals surface area (Å²) in [6.07, 6.45) is 0. The van der Waals surface area contributed by atoms with Crippen molar-refractivity contribution in [2.75, 3.05) is 5.75 Å². The molecule has 0 saturated carbocycles. The van der Waals surface area contributed by atoms with Gasteiger partial charge in [-0.15, -0.1) is 11.3 Å². The number of hydrogen-bond acceptors (Lipinski definition) is 6. The van der Waals surface area contributed by atoms with Crippen LogP contribution < -0.4 is 5.56 Å². The van der Waals surface area contributed by atoms with E-state index in [-0.39, 0.29) is 17.1 Å². The van der Waals surface area contributed by atoms with E-state index in [1.165, 1.54) is 11.3 Å². The third kappa shape index (κ3) is 3.45. The molecular formula is C17H11N3O2S2. The monoisotopic (exact) mass is 353 g/mol. The molecule has 7 heteroatoms. The Bertz CT molecular complexity index is 958. The number of carbonyl (C=O) groups excluding carboxylic acids is 1. The van der Waals surface area contributed by atoms with Crippen LogP contribution in [0.25, 0.3) is 11.3 Å². The van der Waals surface area contributed by atoms with Crippen molar-refractivity contribution in [3.05, 3.63) is 68.6 Å². The van der Waals surface area contributed by atoms with Gasteiger partial charge >= 0.3 is 0 Å². The lowest BCUT2D eigenvalue weighted by atomic mass is 10.1. The number of ketones is 1. The van der Waals surface area contributed by atoms with Gasteiger partial charge in [0.1, 0.15) is 11.6 Å². The number of thioether (sulfide) groups is 1. The molecule has 0 aliphatic carbocycles. The Morgan fingerprint density at radius 2 is 2.04 bits per heavy atom. The molecule has 0 saturated heterocycles. The van der Waals surface area contributed by atoms with Crippen LogP contribution in [0.1, 0.15) is 15.2 Å². The summed E-state index contributed by atoms with van der Waals surface area (Å²) in [5.74, 6) is 0.145. The van der Waals surface area contributed by atoms with Gasteiger partial charge < -0.3 is 4.98 Å². The number of thiophene rings is 1. The first-order valence-corrected chi connectivity index (χ1v) is 8.85. The molecule has 0 amide bonds. The highest BCUT2D eigenvalue weighted by Crippen LogP contribution is 2.22. The van der Waals surface area contributed by atoms with E-state index in [1.807, 2.05) is 35.7 Å². The molecule has 0 unspecified atom stereocenters. The Labute approximate surface area is 146 Å². The summed E-state index contributed by atoms with van der Waals surface area (Å²) in [5, 5.41) is 11.4. The molecule has 3 aromatic rings. The van der Waals surface area contributed by atoms with E-state index in [1.54, 1.807) is 18.2 Å². The summed E-state index contributed by atoms with van der Waals surface area (Å²) in [6, 6.07) is 14.5. The van der Waals surface area contributed by atoms with Crippen molar-refractivity contribution in [1.29, 1.82) is 5.26 Å². The van der Waals surface area contributed by atoms with Crippen LogP contribution >= 0.6 is 23.1 Å². The SMILES string of the molecule is N#Cc1c(-c2ccccc2)nc(SCC(=O)c2cccs2)[nH]c1=O. The van der Waals surface area contributed by atoms with Crippen LogP contribution in [-0.2, 0) is 0 Å². The molecule has 0 atom stereocenters. The molecule has 3 rings (SSSR count). The van der Waals surface area contributed by atoms with Gasteiger partial charge in [-0.2, -0.15) is 5.26 Å². The molecule has 118 valence electrons. The quantitative estimate of drug-likeness (QED) is 0.432. The normalized spacial score (nSPS) is 10.3. The van der Waals surface area contributed by atoms with Crippen molar-refractivity contribution in [3.63, 3.8) is 0 Å². The van der Waals surface area contributed by atoms with Gasteiger partial charge in [-0.1, -0.05) is 48.2 Å². The van der Waals surface area contributed by atoms with Crippen LogP contribution in [0, 0.1) is 11.3 Å². The second kappa shape index (κ2) is 7.25. The largest absolute Gasteiger partial charge is 0.300 e. The van der Waals surface area contributed by atoms with Gasteiger partial charge in [-0.25, -0.2) is 4.98 Å². The smallest absolute Gasteiger partial charge is 0.270 e. The number of nitrogens with zero attached hydrogens (tertiary/aromatic N) is 2. The highest BCUT2D eigenvalue weighted by atomic mass is 32.2. The molecule has 5 nitrogen and oxygen atoms in total. The van der Waals surface area contributed by atoms with Crippen molar-refractivity contribution in [2.45, 2.75) is 5.16 Å². The molecule has 1 N–H and O–H groups in total. The lowest BCUT2D eigenvalue weighted by molar-refractivity contribution is 0.102. The number of nitrogens with one attached hydrogen (secondary N) is 1. The van der Waals surface area contributed by atoms with Gasteiger partial charge in [-0.3, -0.25) is 9.59 Å². The Kier molecular flexibility index (Phi) is 4.89. The lowest BCUT2D eigenvalue weighted by Gasteiger charge is -2.06. The van der Waals surface area contributed by atoms with E-state index >= 15 is 0 Å². The number of Topliss-reactive ketones (excluding diaryl/α,β-unsaturated/α-hetero) is 1. The van der Waals surface area contributed by atoms with Gasteiger partial charge in [0.15, 0.2) is 10.9 Å². The lowest BCUT2D eigenvalue weighted by Crippen LogP contribution is -2.15. The topological polar surface area (TPSA) is 86.6 Å². The summed E-state index contributed by atoms with van der Waals surface area (Å²) in [7, 11) is 0. The van der Waals surface area contributed by atoms with Gasteiger partial charge in [0, 0.05) is 5.56 Å². The summed E-state index contributed by atoms with van der Waals surface area (Å²) in [4.78, 5) is 31.8. The Balaban J connectivity index is 1.90. The standard InChI is InChI=1S/C17H11N3O2S2/c18-9-12-15(11-5-2-1-3-6-11)19-17(20-16(12)22)24-10-13(21)14-7-4-8-23-14/h1-8H,10H2,(H,19,20,22). The average molecular weight is 353 g/mol. The highest BCUT2D eigenvalue weighted by molar-refractivity contribution is 7.99. The molecule has 0 spiro atoms. The maximum absolute atomic E-state index is 12.1. The Morgan fingerprint density at radius 1 is 1.25 bits per heavy atom. The van der Waals surface area contributed by atoms with E-state index in [9.17, 15) is 14.9 Å². The molecular weight excluding hydrogens is 342 g/mol. The van der Waals surface area contributed by atoms with Crippen LogP contribution in [0.5, 0.6) is 0 Å². The van der Waals surface area contributed by atoms with E-state index < -0.39 is 5.56 Å². The summed E-state index contributed by atoms with van der Waals surface area (Å²) in [5.41, 5.74) is 0.479. The number of carbonyl (C=O) groups is 1. The minimum absolute atomic E-state index is 0.0248. The molecule has 2 aromatic heterocycles. The molecule has 0 radical (unpaired) electrons.